The molecule has 0 aromatic heterocycles. The van der Waals surface area contributed by atoms with Gasteiger partial charge in [-0.15, -0.1) is 4.48 Å². The fourth-order valence-electron chi connectivity index (χ4n) is 2.27. The lowest BCUT2D eigenvalue weighted by Gasteiger charge is -2.34. The number of rotatable bonds is 3. The number of carbonyl (C=O) groups is 2. The minimum atomic E-state index is -0.566. The van der Waals surface area contributed by atoms with Gasteiger partial charge in [-0.2, -0.15) is 5.54 Å². The summed E-state index contributed by atoms with van der Waals surface area (Å²) >= 11 is 0. The van der Waals surface area contributed by atoms with Gasteiger partial charge in [0.1, 0.15) is 0 Å². The molecule has 1 aliphatic carbocycles. The molecule has 2 unspecified atom stereocenters. The van der Waals surface area contributed by atoms with E-state index in [0.717, 1.165) is 12.0 Å². The van der Waals surface area contributed by atoms with Crippen molar-refractivity contribution in [3.05, 3.63) is 35.4 Å². The van der Waals surface area contributed by atoms with Gasteiger partial charge < -0.3 is 4.74 Å². The third kappa shape index (κ3) is 2.20. The standard InChI is InChI=1S/C13H14FNO3/c1-18-13(17)9-4-2-8(3-5-9)10-6-7-11(10)12(16)15-14/h2-5,10-11H,6-7H2,1H3,(H,15,16). The van der Waals surface area contributed by atoms with Gasteiger partial charge in [-0.1, -0.05) is 12.1 Å². The molecular formula is C13H14FNO3. The SMILES string of the molecule is COC(=O)c1ccc(C2CCC2C(=O)NF)cc1. The van der Waals surface area contributed by atoms with Crippen molar-refractivity contribution < 1.29 is 18.8 Å². The molecule has 96 valence electrons. The Hall–Kier alpha value is -1.91. The highest BCUT2D eigenvalue weighted by Crippen LogP contribution is 2.42. The second-order valence-electron chi connectivity index (χ2n) is 4.36. The molecule has 1 N–H and O–H groups in total. The summed E-state index contributed by atoms with van der Waals surface area (Å²) in [5.41, 5.74) is 2.60. The summed E-state index contributed by atoms with van der Waals surface area (Å²) in [5.74, 6) is -1.23. The Morgan fingerprint density at radius 2 is 1.94 bits per heavy atom. The van der Waals surface area contributed by atoms with E-state index in [9.17, 15) is 14.1 Å². The number of carbonyl (C=O) groups excluding carboxylic acids is 2. The predicted octanol–water partition coefficient (Wildman–Crippen LogP) is 1.97. The van der Waals surface area contributed by atoms with Gasteiger partial charge in [-0.25, -0.2) is 4.79 Å². The average molecular weight is 251 g/mol. The van der Waals surface area contributed by atoms with Gasteiger partial charge in [0, 0.05) is 5.92 Å². The minimum Gasteiger partial charge on any atom is -0.465 e. The van der Waals surface area contributed by atoms with Gasteiger partial charge in [0.25, 0.3) is 5.91 Å². The van der Waals surface area contributed by atoms with Crippen LogP contribution in [0.5, 0.6) is 0 Å². The maximum Gasteiger partial charge on any atom is 0.337 e. The highest BCUT2D eigenvalue weighted by Gasteiger charge is 2.37. The fourth-order valence-corrected chi connectivity index (χ4v) is 2.27. The summed E-state index contributed by atoms with van der Waals surface area (Å²) in [6.07, 6.45) is 1.55. The number of ether oxygens (including phenoxy) is 1. The molecule has 1 saturated carbocycles. The highest BCUT2D eigenvalue weighted by atomic mass is 19.2. The molecule has 0 heterocycles. The van der Waals surface area contributed by atoms with Gasteiger partial charge in [0.2, 0.25) is 0 Å². The molecule has 2 atom stereocenters. The van der Waals surface area contributed by atoms with E-state index in [1.807, 2.05) is 0 Å². The number of hydrogen-bond donors (Lipinski definition) is 1. The third-order valence-electron chi connectivity index (χ3n) is 3.46. The third-order valence-corrected chi connectivity index (χ3v) is 3.46. The van der Waals surface area contributed by atoms with Crippen molar-refractivity contribution in [2.75, 3.05) is 7.11 Å². The first-order chi connectivity index (χ1) is 8.67. The Morgan fingerprint density at radius 3 is 2.39 bits per heavy atom. The number of amides is 1. The topological polar surface area (TPSA) is 55.4 Å². The normalized spacial score (nSPS) is 21.9. The van der Waals surface area contributed by atoms with Crippen LogP contribution < -0.4 is 5.54 Å². The van der Waals surface area contributed by atoms with Gasteiger partial charge in [-0.05, 0) is 36.5 Å². The Morgan fingerprint density at radius 1 is 1.28 bits per heavy atom. The number of nitrogens with one attached hydrogen (secondary N) is 1. The zero-order valence-corrected chi connectivity index (χ0v) is 9.98. The van der Waals surface area contributed by atoms with Crippen LogP contribution >= 0.6 is 0 Å². The van der Waals surface area contributed by atoms with Crippen LogP contribution in [-0.4, -0.2) is 19.0 Å². The van der Waals surface area contributed by atoms with E-state index in [1.165, 1.54) is 12.6 Å². The summed E-state index contributed by atoms with van der Waals surface area (Å²) in [6.45, 7) is 0. The molecule has 1 amide bonds. The molecule has 1 fully saturated rings. The Kier molecular flexibility index (Phi) is 3.60. The molecule has 0 aliphatic heterocycles. The van der Waals surface area contributed by atoms with E-state index >= 15 is 0 Å². The van der Waals surface area contributed by atoms with Crippen molar-refractivity contribution in [3.63, 3.8) is 0 Å². The van der Waals surface area contributed by atoms with Crippen molar-refractivity contribution in [2.45, 2.75) is 18.8 Å². The second-order valence-corrected chi connectivity index (χ2v) is 4.36. The lowest BCUT2D eigenvalue weighted by Crippen LogP contribution is -2.36. The number of halogens is 1. The lowest BCUT2D eigenvalue weighted by atomic mass is 9.69. The van der Waals surface area contributed by atoms with Gasteiger partial charge in [0.15, 0.2) is 0 Å². The van der Waals surface area contributed by atoms with Crippen molar-refractivity contribution in [1.29, 1.82) is 0 Å². The van der Waals surface area contributed by atoms with Gasteiger partial charge in [0.05, 0.1) is 12.7 Å². The van der Waals surface area contributed by atoms with Crippen LogP contribution in [0.15, 0.2) is 24.3 Å². The van der Waals surface area contributed by atoms with Crippen LogP contribution in [0.2, 0.25) is 0 Å². The van der Waals surface area contributed by atoms with Crippen LogP contribution in [0.25, 0.3) is 0 Å². The smallest absolute Gasteiger partial charge is 0.337 e. The molecule has 0 spiro atoms. The second kappa shape index (κ2) is 5.16. The van der Waals surface area contributed by atoms with Crippen LogP contribution in [0.3, 0.4) is 0 Å². The van der Waals surface area contributed by atoms with Crippen molar-refractivity contribution >= 4 is 11.9 Å². The minimum absolute atomic E-state index is 0.0347. The molecular weight excluding hydrogens is 237 g/mol. The highest BCUT2D eigenvalue weighted by molar-refractivity contribution is 5.89. The predicted molar refractivity (Wildman–Crippen MR) is 62.5 cm³/mol. The number of esters is 1. The Labute approximate surface area is 104 Å². The first kappa shape index (κ1) is 12.5. The Balaban J connectivity index is 2.11. The fraction of sp³-hybridized carbons (Fsp3) is 0.385. The molecule has 2 rings (SSSR count). The summed E-state index contributed by atoms with van der Waals surface area (Å²) in [7, 11) is 1.32. The van der Waals surface area contributed by atoms with E-state index in [4.69, 9.17) is 0 Å². The molecule has 1 aromatic rings. The molecule has 1 aromatic carbocycles. The quantitative estimate of drug-likeness (QED) is 0.660. The summed E-state index contributed by atoms with van der Waals surface area (Å²) in [6, 6.07) is 6.89. The molecule has 5 heteroatoms. The van der Waals surface area contributed by atoms with Crippen molar-refractivity contribution in [2.24, 2.45) is 5.92 Å². The Bertz CT molecular complexity index is 458. The maximum absolute atomic E-state index is 12.1. The molecule has 0 radical (unpaired) electrons. The molecule has 18 heavy (non-hydrogen) atoms. The monoisotopic (exact) mass is 251 g/mol. The zero-order chi connectivity index (χ0) is 13.1. The first-order valence-corrected chi connectivity index (χ1v) is 5.76. The summed E-state index contributed by atoms with van der Waals surface area (Å²) in [4.78, 5) is 22.5. The number of methoxy groups -OCH3 is 1. The first-order valence-electron chi connectivity index (χ1n) is 5.76. The van der Waals surface area contributed by atoms with E-state index < -0.39 is 11.9 Å². The van der Waals surface area contributed by atoms with Gasteiger partial charge in [-0.3, -0.25) is 4.79 Å². The number of hydrogen-bond acceptors (Lipinski definition) is 3. The molecule has 0 saturated heterocycles. The summed E-state index contributed by atoms with van der Waals surface area (Å²) < 4.78 is 16.7. The molecule has 0 bridgehead atoms. The number of benzene rings is 1. The van der Waals surface area contributed by atoms with E-state index in [-0.39, 0.29) is 11.8 Å². The zero-order valence-electron chi connectivity index (χ0n) is 9.98. The van der Waals surface area contributed by atoms with Crippen molar-refractivity contribution in [3.8, 4) is 0 Å². The molecule has 1 aliphatic rings. The van der Waals surface area contributed by atoms with Crippen molar-refractivity contribution in [1.82, 2.24) is 5.54 Å². The van der Waals surface area contributed by atoms with Crippen LogP contribution in [0.1, 0.15) is 34.7 Å². The van der Waals surface area contributed by atoms with Crippen LogP contribution in [0, 0.1) is 5.92 Å². The average Bonchev–Trinajstić information content (AvgIpc) is 2.37. The van der Waals surface area contributed by atoms with E-state index in [2.05, 4.69) is 4.74 Å². The van der Waals surface area contributed by atoms with E-state index in [0.29, 0.717) is 12.0 Å². The summed E-state index contributed by atoms with van der Waals surface area (Å²) in [5, 5.41) is 0. The van der Waals surface area contributed by atoms with Gasteiger partial charge >= 0.3 is 5.97 Å². The maximum atomic E-state index is 12.1. The van der Waals surface area contributed by atoms with Crippen LogP contribution in [-0.2, 0) is 9.53 Å². The molecule has 4 nitrogen and oxygen atoms in total. The van der Waals surface area contributed by atoms with Crippen LogP contribution in [0.4, 0.5) is 4.48 Å². The largest absolute Gasteiger partial charge is 0.465 e. The lowest BCUT2D eigenvalue weighted by molar-refractivity contribution is -0.132. The van der Waals surface area contributed by atoms with E-state index in [1.54, 1.807) is 24.3 Å².